The Kier molecular flexibility index (Phi) is 6.86. The van der Waals surface area contributed by atoms with Gasteiger partial charge in [-0.15, -0.1) is 11.8 Å². The maximum atomic E-state index is 12.5. The second kappa shape index (κ2) is 8.89. The third-order valence-corrected chi connectivity index (χ3v) is 5.11. The Bertz CT molecular complexity index is 656. The van der Waals surface area contributed by atoms with Gasteiger partial charge in [-0.05, 0) is 17.7 Å². The van der Waals surface area contributed by atoms with E-state index in [4.69, 9.17) is 0 Å². The fraction of sp³-hybridized carbons (Fsp3) is 0.222. The van der Waals surface area contributed by atoms with Gasteiger partial charge in [0.2, 0.25) is 0 Å². The van der Waals surface area contributed by atoms with Crippen molar-refractivity contribution in [2.24, 2.45) is 0 Å². The monoisotopic (exact) mass is 392 g/mol. The molecule has 0 N–H and O–H groups in total. The molecule has 0 aromatic heterocycles. The van der Waals surface area contributed by atoms with Gasteiger partial charge in [-0.1, -0.05) is 58.4 Å². The number of Topliss-reactive ketones (excluding diaryl/α,β-unsaturated/α-hetero) is 1. The summed E-state index contributed by atoms with van der Waals surface area (Å²) in [4.78, 5) is 23.9. The average Bonchev–Trinajstić information content (AvgIpc) is 2.59. The first-order chi connectivity index (χ1) is 11.1. The van der Waals surface area contributed by atoms with Crippen LogP contribution in [0.5, 0.6) is 0 Å². The molecule has 0 bridgehead atoms. The highest BCUT2D eigenvalue weighted by Crippen LogP contribution is 2.33. The van der Waals surface area contributed by atoms with E-state index in [2.05, 4.69) is 20.7 Å². The van der Waals surface area contributed by atoms with Crippen LogP contribution < -0.4 is 0 Å². The molecular formula is C18H17BrO3S. The molecule has 0 aliphatic carbocycles. The fourth-order valence-corrected chi connectivity index (χ4v) is 3.43. The van der Waals surface area contributed by atoms with Crippen molar-refractivity contribution in [2.45, 2.75) is 11.7 Å². The summed E-state index contributed by atoms with van der Waals surface area (Å²) < 4.78 is 5.63. The van der Waals surface area contributed by atoms with Crippen molar-refractivity contribution in [1.82, 2.24) is 0 Å². The van der Waals surface area contributed by atoms with Gasteiger partial charge in [0.25, 0.3) is 0 Å². The summed E-state index contributed by atoms with van der Waals surface area (Å²) in [5.74, 6) is -0.000294. The molecule has 0 heterocycles. The third kappa shape index (κ3) is 5.52. The minimum atomic E-state index is -0.285. The number of halogens is 1. The molecule has 5 heteroatoms. The highest BCUT2D eigenvalue weighted by Gasteiger charge is 2.19. The molecule has 0 unspecified atom stereocenters. The molecule has 0 fully saturated rings. The van der Waals surface area contributed by atoms with E-state index in [-0.39, 0.29) is 22.8 Å². The first-order valence-corrected chi connectivity index (χ1v) is 8.96. The van der Waals surface area contributed by atoms with Gasteiger partial charge < -0.3 is 4.74 Å². The van der Waals surface area contributed by atoms with Gasteiger partial charge in [-0.3, -0.25) is 9.59 Å². The molecular weight excluding hydrogens is 376 g/mol. The van der Waals surface area contributed by atoms with E-state index in [9.17, 15) is 9.59 Å². The van der Waals surface area contributed by atoms with Crippen LogP contribution >= 0.6 is 27.7 Å². The Hall–Kier alpha value is -1.59. The number of carbonyl (C=O) groups is 2. The van der Waals surface area contributed by atoms with E-state index in [0.717, 1.165) is 10.0 Å². The first kappa shape index (κ1) is 17.8. The number of thioether (sulfide) groups is 1. The van der Waals surface area contributed by atoms with Crippen molar-refractivity contribution in [3.05, 3.63) is 70.2 Å². The lowest BCUT2D eigenvalue weighted by Crippen LogP contribution is -2.09. The molecule has 0 saturated carbocycles. The predicted molar refractivity (Wildman–Crippen MR) is 96.7 cm³/mol. The number of benzene rings is 2. The van der Waals surface area contributed by atoms with Gasteiger partial charge in [0.1, 0.15) is 0 Å². The largest absolute Gasteiger partial charge is 0.468 e. The van der Waals surface area contributed by atoms with Gasteiger partial charge in [0.15, 0.2) is 5.78 Å². The summed E-state index contributed by atoms with van der Waals surface area (Å²) >= 11 is 4.79. The van der Waals surface area contributed by atoms with Crippen molar-refractivity contribution in [1.29, 1.82) is 0 Å². The highest BCUT2D eigenvalue weighted by molar-refractivity contribution is 9.10. The molecule has 0 saturated heterocycles. The normalized spacial score (nSPS) is 11.7. The van der Waals surface area contributed by atoms with Crippen molar-refractivity contribution >= 4 is 39.4 Å². The first-order valence-electron chi connectivity index (χ1n) is 7.12. The van der Waals surface area contributed by atoms with E-state index < -0.39 is 0 Å². The molecule has 2 aromatic carbocycles. The van der Waals surface area contributed by atoms with Crippen molar-refractivity contribution in [2.75, 3.05) is 12.9 Å². The topological polar surface area (TPSA) is 43.4 Å². The number of carbonyl (C=O) groups excluding carboxylic acids is 2. The Balaban J connectivity index is 2.11. The molecule has 2 aromatic rings. The summed E-state index contributed by atoms with van der Waals surface area (Å²) in [7, 11) is 1.37. The summed E-state index contributed by atoms with van der Waals surface area (Å²) in [6.07, 6.45) is 0.341. The number of methoxy groups -OCH3 is 1. The van der Waals surface area contributed by atoms with Crippen LogP contribution in [0, 0.1) is 0 Å². The van der Waals surface area contributed by atoms with Crippen molar-refractivity contribution < 1.29 is 14.3 Å². The SMILES string of the molecule is COC(=O)CS[C@@H](CC(=O)c1ccc(Br)cc1)c1ccccc1. The van der Waals surface area contributed by atoms with E-state index in [1.54, 1.807) is 12.1 Å². The maximum absolute atomic E-state index is 12.5. The van der Waals surface area contributed by atoms with Crippen LogP contribution in [0.25, 0.3) is 0 Å². The van der Waals surface area contributed by atoms with Crippen LogP contribution in [0.4, 0.5) is 0 Å². The van der Waals surface area contributed by atoms with Gasteiger partial charge >= 0.3 is 5.97 Å². The van der Waals surface area contributed by atoms with Gasteiger partial charge in [-0.25, -0.2) is 0 Å². The Labute approximate surface area is 148 Å². The van der Waals surface area contributed by atoms with Gasteiger partial charge in [0.05, 0.1) is 12.9 Å². The zero-order chi connectivity index (χ0) is 16.7. The minimum absolute atomic E-state index is 0.0590. The van der Waals surface area contributed by atoms with Crippen LogP contribution in [0.2, 0.25) is 0 Å². The van der Waals surface area contributed by atoms with E-state index in [0.29, 0.717) is 12.0 Å². The molecule has 0 amide bonds. The second-order valence-electron chi connectivity index (χ2n) is 4.92. The predicted octanol–water partition coefficient (Wildman–Crippen LogP) is 4.67. The fourth-order valence-electron chi connectivity index (χ4n) is 2.09. The standard InChI is InChI=1S/C18H17BrO3S/c1-22-18(21)12-23-17(14-5-3-2-4-6-14)11-16(20)13-7-9-15(19)10-8-13/h2-10,17H,11-12H2,1H3/t17-/m0/s1. The summed E-state index contributed by atoms with van der Waals surface area (Å²) in [5.41, 5.74) is 1.71. The Morgan fingerprint density at radius 3 is 2.35 bits per heavy atom. The lowest BCUT2D eigenvalue weighted by Gasteiger charge is -2.16. The van der Waals surface area contributed by atoms with Crippen LogP contribution in [-0.4, -0.2) is 24.6 Å². The zero-order valence-electron chi connectivity index (χ0n) is 12.7. The number of hydrogen-bond acceptors (Lipinski definition) is 4. The van der Waals surface area contributed by atoms with Crippen molar-refractivity contribution in [3.8, 4) is 0 Å². The number of ether oxygens (including phenoxy) is 1. The Morgan fingerprint density at radius 1 is 1.09 bits per heavy atom. The van der Waals surface area contributed by atoms with E-state index >= 15 is 0 Å². The van der Waals surface area contributed by atoms with E-state index in [1.807, 2.05) is 42.5 Å². The molecule has 0 radical (unpaired) electrons. The lowest BCUT2D eigenvalue weighted by atomic mass is 10.0. The van der Waals surface area contributed by atoms with Crippen LogP contribution in [-0.2, 0) is 9.53 Å². The molecule has 2 rings (SSSR count). The van der Waals surface area contributed by atoms with Crippen LogP contribution in [0.3, 0.4) is 0 Å². The van der Waals surface area contributed by atoms with Crippen LogP contribution in [0.1, 0.15) is 27.6 Å². The summed E-state index contributed by atoms with van der Waals surface area (Å²) in [6.45, 7) is 0. The molecule has 3 nitrogen and oxygen atoms in total. The minimum Gasteiger partial charge on any atom is -0.468 e. The molecule has 0 spiro atoms. The smallest absolute Gasteiger partial charge is 0.315 e. The number of ketones is 1. The Morgan fingerprint density at radius 2 is 1.74 bits per heavy atom. The number of rotatable bonds is 7. The molecule has 23 heavy (non-hydrogen) atoms. The summed E-state index contributed by atoms with van der Waals surface area (Å²) in [5, 5.41) is -0.0774. The lowest BCUT2D eigenvalue weighted by molar-refractivity contribution is -0.137. The molecule has 1 atom stereocenters. The molecule has 0 aliphatic heterocycles. The third-order valence-electron chi connectivity index (χ3n) is 3.34. The second-order valence-corrected chi connectivity index (χ2v) is 7.03. The van der Waals surface area contributed by atoms with E-state index in [1.165, 1.54) is 18.9 Å². The number of esters is 1. The quantitative estimate of drug-likeness (QED) is 0.507. The molecule has 120 valence electrons. The maximum Gasteiger partial charge on any atom is 0.315 e. The van der Waals surface area contributed by atoms with Crippen molar-refractivity contribution in [3.63, 3.8) is 0 Å². The molecule has 0 aliphatic rings. The average molecular weight is 393 g/mol. The number of hydrogen-bond donors (Lipinski definition) is 0. The highest BCUT2D eigenvalue weighted by atomic mass is 79.9. The zero-order valence-corrected chi connectivity index (χ0v) is 15.1. The van der Waals surface area contributed by atoms with Gasteiger partial charge in [-0.2, -0.15) is 0 Å². The summed E-state index contributed by atoms with van der Waals surface area (Å²) in [6, 6.07) is 17.1. The van der Waals surface area contributed by atoms with Gasteiger partial charge in [0, 0.05) is 21.7 Å². The van der Waals surface area contributed by atoms with Crippen LogP contribution in [0.15, 0.2) is 59.1 Å².